The number of amides is 3. The quantitative estimate of drug-likeness (QED) is 0.501. The molecular weight excluding hydrogens is 454 g/mol. The smallest absolute Gasteiger partial charge is 0.322 e. The van der Waals surface area contributed by atoms with Crippen LogP contribution in [-0.2, 0) is 6.54 Å². The second kappa shape index (κ2) is 9.35. The van der Waals surface area contributed by atoms with Gasteiger partial charge in [-0.2, -0.15) is 0 Å². The Morgan fingerprint density at radius 1 is 1.00 bits per heavy atom. The number of nitrogens with one attached hydrogen (secondary N) is 1. The van der Waals surface area contributed by atoms with E-state index >= 15 is 0 Å². The Morgan fingerprint density at radius 3 is 2.45 bits per heavy atom. The van der Waals surface area contributed by atoms with Crippen molar-refractivity contribution in [1.82, 2.24) is 4.90 Å². The van der Waals surface area contributed by atoms with Gasteiger partial charge in [0.15, 0.2) is 0 Å². The average Bonchev–Trinajstić information content (AvgIpc) is 2.77. The number of hydrogen-bond donors (Lipinski definition) is 1. The van der Waals surface area contributed by atoms with Crippen molar-refractivity contribution in [3.05, 3.63) is 94.0 Å². The lowest BCUT2D eigenvalue weighted by Gasteiger charge is -2.35. The molecule has 3 aromatic carbocycles. The first-order valence-corrected chi connectivity index (χ1v) is 11.1. The van der Waals surface area contributed by atoms with Gasteiger partial charge < -0.3 is 10.2 Å². The summed E-state index contributed by atoms with van der Waals surface area (Å²) in [5.41, 5.74) is 4.41. The summed E-state index contributed by atoms with van der Waals surface area (Å²) in [7, 11) is 0. The molecule has 1 heterocycles. The minimum atomic E-state index is -0.181. The molecule has 0 unspecified atom stereocenters. The molecule has 1 fully saturated rings. The van der Waals surface area contributed by atoms with Crippen LogP contribution in [-0.4, -0.2) is 29.9 Å². The van der Waals surface area contributed by atoms with E-state index in [-0.39, 0.29) is 11.9 Å². The topological polar surface area (TPSA) is 52.6 Å². The Labute approximate surface area is 190 Å². The second-order valence-corrected chi connectivity index (χ2v) is 8.62. The Hall–Kier alpha value is -3.12. The number of nitrogens with zero attached hydrogens (tertiary/aromatic N) is 2. The Kier molecular flexibility index (Phi) is 6.37. The van der Waals surface area contributed by atoms with E-state index < -0.39 is 0 Å². The van der Waals surface area contributed by atoms with Crippen molar-refractivity contribution in [2.24, 2.45) is 0 Å². The number of carbonyl (C=O) groups is 2. The first-order chi connectivity index (χ1) is 15.0. The normalized spacial score (nSPS) is 13.9. The minimum Gasteiger partial charge on any atom is -0.322 e. The molecule has 31 heavy (non-hydrogen) atoms. The van der Waals surface area contributed by atoms with E-state index in [9.17, 15) is 9.59 Å². The van der Waals surface area contributed by atoms with Crippen LogP contribution in [0.1, 0.15) is 27.9 Å². The van der Waals surface area contributed by atoms with Crippen LogP contribution in [0.3, 0.4) is 0 Å². The maximum Gasteiger partial charge on any atom is 0.324 e. The van der Waals surface area contributed by atoms with Gasteiger partial charge in [-0.3, -0.25) is 9.69 Å². The lowest BCUT2D eigenvalue weighted by molar-refractivity contribution is 0.102. The maximum atomic E-state index is 13.1. The van der Waals surface area contributed by atoms with Crippen LogP contribution in [0.4, 0.5) is 16.2 Å². The molecule has 4 rings (SSSR count). The number of halogens is 1. The van der Waals surface area contributed by atoms with Gasteiger partial charge in [-0.25, -0.2) is 4.79 Å². The van der Waals surface area contributed by atoms with Crippen LogP contribution in [0.2, 0.25) is 0 Å². The number of urea groups is 1. The van der Waals surface area contributed by atoms with E-state index in [1.54, 1.807) is 17.0 Å². The minimum absolute atomic E-state index is 0.000167. The molecule has 0 saturated carbocycles. The lowest BCUT2D eigenvalue weighted by Crippen LogP contribution is -2.49. The summed E-state index contributed by atoms with van der Waals surface area (Å²) >= 11 is 3.38. The molecular formula is C25H24BrN3O2. The lowest BCUT2D eigenvalue weighted by atomic mass is 10.1. The SMILES string of the molecule is Cc1cccc(CN2CCCN(c3ccc(C(=O)Nc4ccc(Br)cc4)cc3)C2=O)c1. The highest BCUT2D eigenvalue weighted by molar-refractivity contribution is 9.10. The molecule has 0 spiro atoms. The molecule has 1 aliphatic heterocycles. The molecule has 3 aromatic rings. The average molecular weight is 478 g/mol. The van der Waals surface area contributed by atoms with Crippen LogP contribution in [0.5, 0.6) is 0 Å². The fourth-order valence-corrected chi connectivity index (χ4v) is 3.99. The summed E-state index contributed by atoms with van der Waals surface area (Å²) in [4.78, 5) is 29.3. The zero-order chi connectivity index (χ0) is 21.8. The summed E-state index contributed by atoms with van der Waals surface area (Å²) < 4.78 is 0.956. The van der Waals surface area contributed by atoms with Gasteiger partial charge in [-0.15, -0.1) is 0 Å². The van der Waals surface area contributed by atoms with Crippen LogP contribution in [0, 0.1) is 6.92 Å². The summed E-state index contributed by atoms with van der Waals surface area (Å²) in [6.07, 6.45) is 0.906. The van der Waals surface area contributed by atoms with Crippen molar-refractivity contribution in [1.29, 1.82) is 0 Å². The van der Waals surface area contributed by atoms with E-state index in [0.29, 0.717) is 18.7 Å². The van der Waals surface area contributed by atoms with E-state index in [0.717, 1.165) is 34.4 Å². The molecule has 6 heteroatoms. The van der Waals surface area contributed by atoms with Gasteiger partial charge in [0.2, 0.25) is 0 Å². The number of hydrogen-bond acceptors (Lipinski definition) is 2. The second-order valence-electron chi connectivity index (χ2n) is 7.71. The highest BCUT2D eigenvalue weighted by Gasteiger charge is 2.27. The molecule has 1 saturated heterocycles. The molecule has 3 amide bonds. The Balaban J connectivity index is 1.43. The van der Waals surface area contributed by atoms with E-state index in [1.165, 1.54) is 5.56 Å². The third-order valence-electron chi connectivity index (χ3n) is 5.31. The summed E-state index contributed by atoms with van der Waals surface area (Å²) in [6.45, 7) is 4.08. The molecule has 1 aliphatic rings. The highest BCUT2D eigenvalue weighted by atomic mass is 79.9. The van der Waals surface area contributed by atoms with Crippen molar-refractivity contribution in [2.45, 2.75) is 19.9 Å². The molecule has 158 valence electrons. The number of anilines is 2. The third kappa shape index (κ3) is 5.14. The molecule has 0 atom stereocenters. The molecule has 5 nitrogen and oxygen atoms in total. The zero-order valence-electron chi connectivity index (χ0n) is 17.3. The fraction of sp³-hybridized carbons (Fsp3) is 0.200. The van der Waals surface area contributed by atoms with Crippen LogP contribution >= 0.6 is 15.9 Å². The van der Waals surface area contributed by atoms with Gasteiger partial charge in [0.25, 0.3) is 5.91 Å². The fourth-order valence-electron chi connectivity index (χ4n) is 3.73. The molecule has 0 aromatic heterocycles. The van der Waals surface area contributed by atoms with Gasteiger partial charge >= 0.3 is 6.03 Å². The van der Waals surface area contributed by atoms with E-state index in [1.807, 2.05) is 47.4 Å². The van der Waals surface area contributed by atoms with Gasteiger partial charge in [0, 0.05) is 41.0 Å². The maximum absolute atomic E-state index is 13.1. The van der Waals surface area contributed by atoms with Crippen molar-refractivity contribution in [3.63, 3.8) is 0 Å². The predicted molar refractivity (Wildman–Crippen MR) is 127 cm³/mol. The first-order valence-electron chi connectivity index (χ1n) is 10.3. The standard InChI is InChI=1S/C25H24BrN3O2/c1-18-4-2-5-19(16-18)17-28-14-3-15-29(25(28)31)23-12-6-20(7-13-23)24(30)27-22-10-8-21(26)9-11-22/h2,4-13,16H,3,14-15,17H2,1H3,(H,27,30). The largest absolute Gasteiger partial charge is 0.324 e. The van der Waals surface area contributed by atoms with E-state index in [4.69, 9.17) is 0 Å². The summed E-state index contributed by atoms with van der Waals surface area (Å²) in [6, 6.07) is 22.9. The molecule has 0 radical (unpaired) electrons. The van der Waals surface area contributed by atoms with Gasteiger partial charge in [0.1, 0.15) is 0 Å². The van der Waals surface area contributed by atoms with Crippen LogP contribution < -0.4 is 10.2 Å². The number of carbonyl (C=O) groups excluding carboxylic acids is 2. The molecule has 0 bridgehead atoms. The zero-order valence-corrected chi connectivity index (χ0v) is 18.9. The van der Waals surface area contributed by atoms with Gasteiger partial charge in [-0.05, 0) is 67.4 Å². The van der Waals surface area contributed by atoms with E-state index in [2.05, 4.69) is 46.4 Å². The number of rotatable bonds is 5. The number of benzene rings is 3. The van der Waals surface area contributed by atoms with Crippen molar-refractivity contribution in [3.8, 4) is 0 Å². The summed E-state index contributed by atoms with van der Waals surface area (Å²) in [5.74, 6) is -0.181. The van der Waals surface area contributed by atoms with Gasteiger partial charge in [-0.1, -0.05) is 45.8 Å². The monoisotopic (exact) mass is 477 g/mol. The predicted octanol–water partition coefficient (Wildman–Crippen LogP) is 5.84. The van der Waals surface area contributed by atoms with Crippen LogP contribution in [0.25, 0.3) is 0 Å². The van der Waals surface area contributed by atoms with Gasteiger partial charge in [0.05, 0.1) is 0 Å². The molecule has 1 N–H and O–H groups in total. The third-order valence-corrected chi connectivity index (χ3v) is 5.84. The van der Waals surface area contributed by atoms with Crippen molar-refractivity contribution in [2.75, 3.05) is 23.3 Å². The highest BCUT2D eigenvalue weighted by Crippen LogP contribution is 2.23. The summed E-state index contributed by atoms with van der Waals surface area (Å²) in [5, 5.41) is 2.88. The number of aryl methyl sites for hydroxylation is 1. The van der Waals surface area contributed by atoms with Crippen molar-refractivity contribution < 1.29 is 9.59 Å². The Bertz CT molecular complexity index is 1080. The Morgan fingerprint density at radius 2 is 1.74 bits per heavy atom. The first kappa shape index (κ1) is 21.1. The van der Waals surface area contributed by atoms with Crippen LogP contribution in [0.15, 0.2) is 77.3 Å². The molecule has 0 aliphatic carbocycles. The van der Waals surface area contributed by atoms with Crippen molar-refractivity contribution >= 4 is 39.2 Å².